The summed E-state index contributed by atoms with van der Waals surface area (Å²) in [4.78, 5) is 11.7. The quantitative estimate of drug-likeness (QED) is 0.749. The van der Waals surface area contributed by atoms with E-state index in [0.29, 0.717) is 17.7 Å². The van der Waals surface area contributed by atoms with Crippen LogP contribution in [0, 0.1) is 0 Å². The van der Waals surface area contributed by atoms with Gasteiger partial charge in [-0.2, -0.15) is 0 Å². The van der Waals surface area contributed by atoms with E-state index in [1.54, 1.807) is 19.9 Å². The van der Waals surface area contributed by atoms with Gasteiger partial charge in [-0.25, -0.2) is 13.1 Å². The molecule has 0 saturated heterocycles. The summed E-state index contributed by atoms with van der Waals surface area (Å²) < 4.78 is 26.9. The van der Waals surface area contributed by atoms with Crippen LogP contribution in [0.5, 0.6) is 0 Å². The van der Waals surface area contributed by atoms with Crippen molar-refractivity contribution in [3.63, 3.8) is 0 Å². The highest BCUT2D eigenvalue weighted by Gasteiger charge is 2.28. The molecule has 7 heteroatoms. The first-order valence-corrected chi connectivity index (χ1v) is 7.91. The van der Waals surface area contributed by atoms with Crippen LogP contribution in [0.3, 0.4) is 0 Å². The molecular formula is C13H18N2O4S. The molecule has 0 bridgehead atoms. The molecule has 2 atom stereocenters. The van der Waals surface area contributed by atoms with E-state index in [1.165, 1.54) is 12.1 Å². The number of rotatable bonds is 5. The maximum absolute atomic E-state index is 12.2. The number of anilines is 1. The second-order valence-electron chi connectivity index (χ2n) is 4.99. The summed E-state index contributed by atoms with van der Waals surface area (Å²) in [6.45, 7) is 3.34. The number of carbonyl (C=O) groups is 1. The van der Waals surface area contributed by atoms with Crippen molar-refractivity contribution in [1.82, 2.24) is 4.72 Å². The number of aliphatic hydroxyl groups excluding tert-OH is 1. The summed E-state index contributed by atoms with van der Waals surface area (Å²) in [5.41, 5.74) is 1.34. The molecule has 6 nitrogen and oxygen atoms in total. The van der Waals surface area contributed by atoms with Gasteiger partial charge in [0.15, 0.2) is 0 Å². The number of fused-ring (bicyclic) bond motifs is 1. The van der Waals surface area contributed by atoms with Crippen molar-refractivity contribution >= 4 is 21.6 Å². The molecule has 1 amide bonds. The zero-order chi connectivity index (χ0) is 14.9. The van der Waals surface area contributed by atoms with E-state index in [0.717, 1.165) is 0 Å². The zero-order valence-electron chi connectivity index (χ0n) is 11.4. The van der Waals surface area contributed by atoms with Crippen molar-refractivity contribution in [2.45, 2.75) is 37.1 Å². The molecule has 0 aromatic heterocycles. The van der Waals surface area contributed by atoms with E-state index < -0.39 is 10.0 Å². The first-order valence-electron chi connectivity index (χ1n) is 6.43. The normalized spacial score (nSPS) is 19.6. The lowest BCUT2D eigenvalue weighted by Gasteiger charge is -2.13. The Kier molecular flexibility index (Phi) is 4.12. The van der Waals surface area contributed by atoms with Crippen molar-refractivity contribution in [1.29, 1.82) is 0 Å². The second kappa shape index (κ2) is 5.51. The summed E-state index contributed by atoms with van der Waals surface area (Å²) in [6, 6.07) is 4.23. The molecule has 1 aliphatic heterocycles. The molecule has 3 N–H and O–H groups in total. The summed E-state index contributed by atoms with van der Waals surface area (Å²) in [5.74, 6) is -0.480. The van der Waals surface area contributed by atoms with Gasteiger partial charge in [0.05, 0.1) is 10.8 Å². The molecule has 20 heavy (non-hydrogen) atoms. The Balaban J connectivity index is 2.28. The van der Waals surface area contributed by atoms with Crippen LogP contribution >= 0.6 is 0 Å². The molecule has 1 aromatic rings. The summed E-state index contributed by atoms with van der Waals surface area (Å²) in [5, 5.41) is 11.5. The topological polar surface area (TPSA) is 95.5 Å². The van der Waals surface area contributed by atoms with E-state index in [4.69, 9.17) is 5.11 Å². The minimum absolute atomic E-state index is 0.0800. The largest absolute Gasteiger partial charge is 0.396 e. The summed E-state index contributed by atoms with van der Waals surface area (Å²) in [7, 11) is -3.64. The fourth-order valence-electron chi connectivity index (χ4n) is 2.15. The van der Waals surface area contributed by atoms with Crippen LogP contribution in [0.2, 0.25) is 0 Å². The van der Waals surface area contributed by atoms with Crippen LogP contribution in [-0.4, -0.2) is 32.1 Å². The number of carbonyl (C=O) groups excluding carboxylic acids is 1. The Morgan fingerprint density at radius 2 is 2.15 bits per heavy atom. The average Bonchev–Trinajstić information content (AvgIpc) is 2.64. The second-order valence-corrected chi connectivity index (χ2v) is 6.71. The minimum Gasteiger partial charge on any atom is -0.396 e. The Morgan fingerprint density at radius 1 is 1.45 bits per heavy atom. The average molecular weight is 298 g/mol. The van der Waals surface area contributed by atoms with Crippen molar-refractivity contribution in [2.75, 3.05) is 11.9 Å². The number of benzene rings is 1. The lowest BCUT2D eigenvalue weighted by atomic mass is 10.0. The van der Waals surface area contributed by atoms with Crippen LogP contribution in [0.4, 0.5) is 5.69 Å². The first-order chi connectivity index (χ1) is 9.35. The fourth-order valence-corrected chi connectivity index (χ4v) is 3.46. The van der Waals surface area contributed by atoms with Gasteiger partial charge in [0, 0.05) is 18.3 Å². The Labute approximate surface area is 118 Å². The monoisotopic (exact) mass is 298 g/mol. The first kappa shape index (κ1) is 15.0. The molecule has 0 spiro atoms. The van der Waals surface area contributed by atoms with E-state index >= 15 is 0 Å². The lowest BCUT2D eigenvalue weighted by molar-refractivity contribution is -0.116. The number of nitrogens with one attached hydrogen (secondary N) is 2. The Bertz CT molecular complexity index is 627. The van der Waals surface area contributed by atoms with E-state index in [1.807, 2.05) is 0 Å². The molecule has 1 heterocycles. The van der Waals surface area contributed by atoms with Gasteiger partial charge < -0.3 is 10.4 Å². The van der Waals surface area contributed by atoms with Crippen LogP contribution in [0.1, 0.15) is 31.7 Å². The van der Waals surface area contributed by atoms with E-state index in [2.05, 4.69) is 10.0 Å². The van der Waals surface area contributed by atoms with Crippen molar-refractivity contribution in [3.05, 3.63) is 23.8 Å². The Hall–Kier alpha value is -1.44. The lowest BCUT2D eigenvalue weighted by Crippen LogP contribution is -2.33. The maximum atomic E-state index is 12.2. The van der Waals surface area contributed by atoms with Gasteiger partial charge in [-0.05, 0) is 44.0 Å². The fraction of sp³-hybridized carbons (Fsp3) is 0.462. The summed E-state index contributed by atoms with van der Waals surface area (Å²) >= 11 is 0. The minimum atomic E-state index is -3.64. The molecule has 1 aromatic carbocycles. The van der Waals surface area contributed by atoms with Gasteiger partial charge in [-0.15, -0.1) is 0 Å². The van der Waals surface area contributed by atoms with Crippen molar-refractivity contribution < 1.29 is 18.3 Å². The number of aliphatic hydroxyl groups is 1. The van der Waals surface area contributed by atoms with Gasteiger partial charge in [0.1, 0.15) is 0 Å². The van der Waals surface area contributed by atoms with E-state index in [9.17, 15) is 13.2 Å². The molecule has 1 aliphatic rings. The zero-order valence-corrected chi connectivity index (χ0v) is 12.2. The molecule has 2 rings (SSSR count). The van der Waals surface area contributed by atoms with Crippen LogP contribution in [-0.2, 0) is 14.8 Å². The van der Waals surface area contributed by atoms with Gasteiger partial charge in [0.25, 0.3) is 0 Å². The van der Waals surface area contributed by atoms with Crippen molar-refractivity contribution in [3.8, 4) is 0 Å². The van der Waals surface area contributed by atoms with Crippen LogP contribution in [0.25, 0.3) is 0 Å². The molecule has 0 radical (unpaired) electrons. The van der Waals surface area contributed by atoms with Gasteiger partial charge in [-0.3, -0.25) is 4.79 Å². The molecule has 110 valence electrons. The predicted octanol–water partition coefficient (Wildman–Crippen LogP) is 0.791. The SMILES string of the molecule is CC(CCO)NS(=O)(=O)c1ccc2c(c1)C(C)C(=O)N2. The molecule has 2 unspecified atom stereocenters. The number of hydrogen-bond acceptors (Lipinski definition) is 4. The number of amides is 1. The predicted molar refractivity (Wildman–Crippen MR) is 75.0 cm³/mol. The highest BCUT2D eigenvalue weighted by molar-refractivity contribution is 7.89. The standard InChI is InChI=1S/C13H18N2O4S/c1-8(5-6-16)15-20(18,19)10-3-4-12-11(7-10)9(2)13(17)14-12/h3-4,7-9,15-16H,5-6H2,1-2H3,(H,14,17). The highest BCUT2D eigenvalue weighted by atomic mass is 32.2. The van der Waals surface area contributed by atoms with Gasteiger partial charge in [-0.1, -0.05) is 0 Å². The number of hydrogen-bond donors (Lipinski definition) is 3. The van der Waals surface area contributed by atoms with Crippen LogP contribution in [0.15, 0.2) is 23.1 Å². The Morgan fingerprint density at radius 3 is 2.80 bits per heavy atom. The molecular weight excluding hydrogens is 280 g/mol. The van der Waals surface area contributed by atoms with Crippen molar-refractivity contribution in [2.24, 2.45) is 0 Å². The third kappa shape index (κ3) is 2.84. The third-order valence-corrected chi connectivity index (χ3v) is 4.96. The molecule has 0 saturated carbocycles. The number of sulfonamides is 1. The smallest absolute Gasteiger partial charge is 0.240 e. The van der Waals surface area contributed by atoms with E-state index in [-0.39, 0.29) is 29.4 Å². The third-order valence-electron chi connectivity index (χ3n) is 3.37. The molecule has 0 aliphatic carbocycles. The van der Waals surface area contributed by atoms with Gasteiger partial charge >= 0.3 is 0 Å². The summed E-state index contributed by atoms with van der Waals surface area (Å²) in [6.07, 6.45) is 0.348. The van der Waals surface area contributed by atoms with Gasteiger partial charge in [0.2, 0.25) is 15.9 Å². The maximum Gasteiger partial charge on any atom is 0.240 e. The van der Waals surface area contributed by atoms with Crippen LogP contribution < -0.4 is 10.0 Å². The highest BCUT2D eigenvalue weighted by Crippen LogP contribution is 2.33. The molecule has 0 fully saturated rings.